The van der Waals surface area contributed by atoms with Crippen molar-refractivity contribution in [3.63, 3.8) is 0 Å². The standard InChI is InChI=1S/C9H12N6O3/c1-13(2)6-10-5(16)11-9-15(6)7(17)12-8(18-9)14(3)4/h1-4H3. The Kier molecular flexibility index (Phi) is 2.73. The highest BCUT2D eigenvalue weighted by Crippen LogP contribution is 2.09. The van der Waals surface area contributed by atoms with Crippen LogP contribution < -0.4 is 21.2 Å². The van der Waals surface area contributed by atoms with Crippen LogP contribution in [0.2, 0.25) is 0 Å². The molecule has 0 atom stereocenters. The second-order valence-corrected chi connectivity index (χ2v) is 3.99. The van der Waals surface area contributed by atoms with Gasteiger partial charge >= 0.3 is 23.2 Å². The van der Waals surface area contributed by atoms with Crippen LogP contribution in [0.1, 0.15) is 0 Å². The van der Waals surface area contributed by atoms with Gasteiger partial charge in [-0.1, -0.05) is 0 Å². The lowest BCUT2D eigenvalue weighted by atomic mass is 10.7. The van der Waals surface area contributed by atoms with Crippen LogP contribution in [0.25, 0.3) is 5.84 Å². The lowest BCUT2D eigenvalue weighted by molar-refractivity contribution is 0.518. The van der Waals surface area contributed by atoms with Crippen molar-refractivity contribution in [1.29, 1.82) is 0 Å². The Morgan fingerprint density at radius 2 is 1.67 bits per heavy atom. The van der Waals surface area contributed by atoms with Gasteiger partial charge in [-0.2, -0.15) is 9.38 Å². The molecule has 9 heteroatoms. The highest BCUT2D eigenvalue weighted by atomic mass is 16.4. The second kappa shape index (κ2) is 4.09. The summed E-state index contributed by atoms with van der Waals surface area (Å²) < 4.78 is 6.31. The van der Waals surface area contributed by atoms with Crippen LogP contribution in [0, 0.1) is 0 Å². The van der Waals surface area contributed by atoms with Crippen LogP contribution in [0.5, 0.6) is 0 Å². The molecule has 18 heavy (non-hydrogen) atoms. The van der Waals surface area contributed by atoms with Gasteiger partial charge < -0.3 is 14.2 Å². The molecule has 0 spiro atoms. The Labute approximate surface area is 101 Å². The summed E-state index contributed by atoms with van der Waals surface area (Å²) in [5.41, 5.74) is -1.33. The first-order valence-electron chi connectivity index (χ1n) is 5.07. The summed E-state index contributed by atoms with van der Waals surface area (Å²) in [7, 11) is 6.61. The fourth-order valence-electron chi connectivity index (χ4n) is 1.34. The fraction of sp³-hybridized carbons (Fsp3) is 0.444. The minimum absolute atomic E-state index is 0.0720. The number of hydrogen-bond acceptors (Lipinski definition) is 8. The van der Waals surface area contributed by atoms with Crippen molar-refractivity contribution in [3.8, 4) is 0 Å². The molecule has 0 N–H and O–H groups in total. The zero-order chi connectivity index (χ0) is 13.4. The zero-order valence-electron chi connectivity index (χ0n) is 10.4. The Hall–Kier alpha value is -2.45. The summed E-state index contributed by atoms with van der Waals surface area (Å²) in [6.45, 7) is 0. The molecular formula is C9H12N6O3. The van der Waals surface area contributed by atoms with E-state index >= 15 is 0 Å². The topological polar surface area (TPSA) is 96.8 Å². The van der Waals surface area contributed by atoms with Crippen LogP contribution in [0.4, 0.5) is 12.0 Å². The number of nitrogens with zero attached hydrogens (tertiary/aromatic N) is 6. The average Bonchev–Trinajstić information content (AvgIpc) is 2.26. The summed E-state index contributed by atoms with van der Waals surface area (Å²) in [5.74, 6) is -0.0149. The van der Waals surface area contributed by atoms with Gasteiger partial charge in [0.15, 0.2) is 0 Å². The molecule has 2 heterocycles. The lowest BCUT2D eigenvalue weighted by Crippen LogP contribution is -2.31. The van der Waals surface area contributed by atoms with Gasteiger partial charge in [0.2, 0.25) is 5.95 Å². The molecule has 2 aromatic rings. The smallest absolute Gasteiger partial charge is 0.374 e. The highest BCUT2D eigenvalue weighted by Gasteiger charge is 2.14. The summed E-state index contributed by atoms with van der Waals surface area (Å²) in [5, 5.41) is 0. The van der Waals surface area contributed by atoms with E-state index in [9.17, 15) is 9.59 Å². The van der Waals surface area contributed by atoms with E-state index in [4.69, 9.17) is 4.42 Å². The first-order chi connectivity index (χ1) is 8.40. The van der Waals surface area contributed by atoms with E-state index in [-0.39, 0.29) is 17.8 Å². The van der Waals surface area contributed by atoms with Crippen molar-refractivity contribution in [2.45, 2.75) is 0 Å². The molecule has 96 valence electrons. The van der Waals surface area contributed by atoms with Crippen molar-refractivity contribution >= 4 is 17.8 Å². The number of anilines is 2. The van der Waals surface area contributed by atoms with E-state index in [2.05, 4.69) is 15.0 Å². The van der Waals surface area contributed by atoms with Gasteiger partial charge in [0.1, 0.15) is 0 Å². The first kappa shape index (κ1) is 12.0. The largest absolute Gasteiger partial charge is 0.391 e. The summed E-state index contributed by atoms with van der Waals surface area (Å²) in [6.07, 6.45) is 0. The zero-order valence-corrected chi connectivity index (χ0v) is 10.4. The SMILES string of the molecule is CN(C)c1nc(=O)n2c(N(C)C)nc(=O)nc2o1. The second-order valence-electron chi connectivity index (χ2n) is 3.99. The lowest BCUT2D eigenvalue weighted by Gasteiger charge is -2.14. The Balaban J connectivity index is 2.91. The number of fused-ring (bicyclic) bond motifs is 1. The van der Waals surface area contributed by atoms with Crippen LogP contribution in [-0.4, -0.2) is 47.5 Å². The molecule has 0 radical (unpaired) electrons. The minimum atomic E-state index is -0.724. The van der Waals surface area contributed by atoms with Gasteiger partial charge in [-0.15, -0.1) is 9.97 Å². The summed E-state index contributed by atoms with van der Waals surface area (Å²) in [6, 6.07) is 0.0720. The normalized spacial score (nSPS) is 10.7. The monoisotopic (exact) mass is 252 g/mol. The number of aromatic nitrogens is 4. The van der Waals surface area contributed by atoms with Crippen LogP contribution in [0.3, 0.4) is 0 Å². The van der Waals surface area contributed by atoms with E-state index < -0.39 is 11.4 Å². The van der Waals surface area contributed by atoms with Crippen molar-refractivity contribution in [3.05, 3.63) is 21.0 Å². The van der Waals surface area contributed by atoms with Crippen molar-refractivity contribution in [2.75, 3.05) is 38.0 Å². The molecule has 0 amide bonds. The van der Waals surface area contributed by atoms with Gasteiger partial charge in [-0.05, 0) is 0 Å². The molecule has 0 aliphatic rings. The van der Waals surface area contributed by atoms with E-state index in [1.54, 1.807) is 28.2 Å². The third-order valence-corrected chi connectivity index (χ3v) is 2.13. The van der Waals surface area contributed by atoms with Crippen molar-refractivity contribution in [1.82, 2.24) is 19.4 Å². The minimum Gasteiger partial charge on any atom is -0.391 e. The Morgan fingerprint density at radius 3 is 2.22 bits per heavy atom. The highest BCUT2D eigenvalue weighted by molar-refractivity contribution is 5.38. The molecular weight excluding hydrogens is 240 g/mol. The molecule has 2 rings (SSSR count). The quantitative estimate of drug-likeness (QED) is 0.641. The molecule has 9 nitrogen and oxygen atoms in total. The predicted octanol–water partition coefficient (Wildman–Crippen LogP) is -1.43. The van der Waals surface area contributed by atoms with Crippen LogP contribution >= 0.6 is 0 Å². The molecule has 0 aliphatic carbocycles. The molecule has 2 aromatic heterocycles. The van der Waals surface area contributed by atoms with E-state index in [0.717, 1.165) is 4.40 Å². The van der Waals surface area contributed by atoms with Gasteiger partial charge in [0.05, 0.1) is 0 Å². The van der Waals surface area contributed by atoms with Gasteiger partial charge in [0.25, 0.3) is 0 Å². The molecule has 0 aromatic carbocycles. The molecule has 0 fully saturated rings. The van der Waals surface area contributed by atoms with E-state index in [0.29, 0.717) is 0 Å². The molecule has 0 bridgehead atoms. The number of hydrogen-bond donors (Lipinski definition) is 0. The maximum absolute atomic E-state index is 11.9. The number of rotatable bonds is 2. The van der Waals surface area contributed by atoms with Gasteiger partial charge in [-0.25, -0.2) is 9.59 Å². The third-order valence-electron chi connectivity index (χ3n) is 2.13. The summed E-state index contributed by atoms with van der Waals surface area (Å²) >= 11 is 0. The maximum Gasteiger partial charge on any atom is 0.374 e. The molecule has 0 unspecified atom stereocenters. The van der Waals surface area contributed by atoms with Crippen LogP contribution in [0.15, 0.2) is 14.0 Å². The van der Waals surface area contributed by atoms with E-state index in [1.165, 1.54) is 9.80 Å². The molecule has 0 saturated heterocycles. The average molecular weight is 252 g/mol. The molecule has 0 aliphatic heterocycles. The third kappa shape index (κ3) is 1.90. The summed E-state index contributed by atoms with van der Waals surface area (Å²) in [4.78, 5) is 37.2. The van der Waals surface area contributed by atoms with Gasteiger partial charge in [-0.3, -0.25) is 0 Å². The fourth-order valence-corrected chi connectivity index (χ4v) is 1.34. The Morgan fingerprint density at radius 1 is 1.00 bits per heavy atom. The Bertz CT molecular complexity index is 701. The van der Waals surface area contributed by atoms with Crippen LogP contribution in [-0.2, 0) is 0 Å². The first-order valence-corrected chi connectivity index (χ1v) is 5.07. The van der Waals surface area contributed by atoms with Crippen molar-refractivity contribution < 1.29 is 4.42 Å². The van der Waals surface area contributed by atoms with Crippen molar-refractivity contribution in [2.24, 2.45) is 0 Å². The maximum atomic E-state index is 11.9. The predicted molar refractivity (Wildman–Crippen MR) is 64.2 cm³/mol. The van der Waals surface area contributed by atoms with E-state index in [1.807, 2.05) is 0 Å². The van der Waals surface area contributed by atoms with Gasteiger partial charge in [0, 0.05) is 28.2 Å². The molecule has 0 saturated carbocycles.